The van der Waals surface area contributed by atoms with Gasteiger partial charge in [0.2, 0.25) is 0 Å². The first-order valence-corrected chi connectivity index (χ1v) is 13.1. The van der Waals surface area contributed by atoms with Gasteiger partial charge < -0.3 is 23.7 Å². The molecule has 0 aliphatic heterocycles. The number of hydrogen-bond acceptors (Lipinski definition) is 7. The summed E-state index contributed by atoms with van der Waals surface area (Å²) in [7, 11) is 0. The van der Waals surface area contributed by atoms with Crippen molar-refractivity contribution in [1.82, 2.24) is 0 Å². The van der Waals surface area contributed by atoms with E-state index in [0.717, 1.165) is 32.3 Å². The van der Waals surface area contributed by atoms with E-state index >= 15 is 0 Å². The van der Waals surface area contributed by atoms with Crippen LogP contribution in [0.15, 0.2) is 69.6 Å². The number of aromatic hydroxyl groups is 1. The lowest BCUT2D eigenvalue weighted by molar-refractivity contribution is -0.143. The number of benzene rings is 3. The van der Waals surface area contributed by atoms with E-state index < -0.39 is 5.97 Å². The van der Waals surface area contributed by atoms with E-state index in [0.29, 0.717) is 29.9 Å². The average molecular weight is 581 g/mol. The molecule has 7 nitrogen and oxygen atoms in total. The largest absolute Gasteiger partial charge is 0.508 e. The first-order chi connectivity index (χ1) is 18.4. The Kier molecular flexibility index (Phi) is 9.07. The average Bonchev–Trinajstić information content (AvgIpc) is 3.20. The third-order valence-electron chi connectivity index (χ3n) is 6.08. The van der Waals surface area contributed by atoms with Gasteiger partial charge in [-0.3, -0.25) is 9.59 Å². The number of esters is 2. The van der Waals surface area contributed by atoms with E-state index in [4.69, 9.17) is 18.6 Å². The maximum atomic E-state index is 12.3. The monoisotopic (exact) mass is 580 g/mol. The molecule has 0 atom stereocenters. The second kappa shape index (κ2) is 12.6. The number of fused-ring (bicyclic) bond motifs is 1. The molecular formula is C30H29BrO7. The van der Waals surface area contributed by atoms with Gasteiger partial charge in [0.05, 0.1) is 26.1 Å². The van der Waals surface area contributed by atoms with Gasteiger partial charge in [-0.25, -0.2) is 0 Å². The van der Waals surface area contributed by atoms with Gasteiger partial charge in [-0.15, -0.1) is 0 Å². The van der Waals surface area contributed by atoms with Crippen LogP contribution in [0.5, 0.6) is 11.5 Å². The molecule has 4 rings (SSSR count). The van der Waals surface area contributed by atoms with Crippen LogP contribution in [0.4, 0.5) is 0 Å². The van der Waals surface area contributed by atoms with Gasteiger partial charge in [-0.1, -0.05) is 52.3 Å². The van der Waals surface area contributed by atoms with Crippen LogP contribution in [-0.4, -0.2) is 30.3 Å². The van der Waals surface area contributed by atoms with Crippen molar-refractivity contribution >= 4 is 38.8 Å². The zero-order chi connectivity index (χ0) is 27.1. The van der Waals surface area contributed by atoms with Gasteiger partial charge in [-0.2, -0.15) is 0 Å². The summed E-state index contributed by atoms with van der Waals surface area (Å²) in [5.41, 5.74) is 3.77. The van der Waals surface area contributed by atoms with E-state index in [9.17, 15) is 14.7 Å². The number of halogens is 1. The Bertz CT molecular complexity index is 1440. The van der Waals surface area contributed by atoms with Crippen LogP contribution in [0.2, 0.25) is 0 Å². The van der Waals surface area contributed by atoms with Crippen LogP contribution in [0.1, 0.15) is 34.9 Å². The predicted molar refractivity (Wildman–Crippen MR) is 146 cm³/mol. The van der Waals surface area contributed by atoms with Crippen molar-refractivity contribution in [2.45, 2.75) is 39.7 Å². The summed E-state index contributed by atoms with van der Waals surface area (Å²) in [5.74, 6) is 0.689. The van der Waals surface area contributed by atoms with Crippen LogP contribution in [0, 0.1) is 6.92 Å². The van der Waals surface area contributed by atoms with Crippen LogP contribution < -0.4 is 4.74 Å². The highest BCUT2D eigenvalue weighted by molar-refractivity contribution is 9.10. The Morgan fingerprint density at radius 2 is 1.61 bits per heavy atom. The molecule has 1 aromatic heterocycles. The van der Waals surface area contributed by atoms with Gasteiger partial charge in [0.1, 0.15) is 29.4 Å². The third-order valence-corrected chi connectivity index (χ3v) is 6.54. The number of carbonyl (C=O) groups is 2. The van der Waals surface area contributed by atoms with Crippen molar-refractivity contribution < 1.29 is 33.3 Å². The van der Waals surface area contributed by atoms with E-state index in [1.807, 2.05) is 43.3 Å². The van der Waals surface area contributed by atoms with Gasteiger partial charge in [-0.05, 0) is 43.7 Å². The van der Waals surface area contributed by atoms with Crippen molar-refractivity contribution in [3.05, 3.63) is 93.2 Å². The second-order valence-corrected chi connectivity index (χ2v) is 9.65. The lowest BCUT2D eigenvalue weighted by Crippen LogP contribution is -2.10. The number of phenolic OH excluding ortho intramolecular Hbond substituents is 1. The molecule has 198 valence electrons. The fourth-order valence-electron chi connectivity index (χ4n) is 4.21. The van der Waals surface area contributed by atoms with Crippen molar-refractivity contribution in [2.75, 3.05) is 13.2 Å². The van der Waals surface area contributed by atoms with E-state index in [1.165, 1.54) is 0 Å². The zero-order valence-corrected chi connectivity index (χ0v) is 22.9. The summed E-state index contributed by atoms with van der Waals surface area (Å²) in [5, 5.41) is 10.8. The molecule has 8 heteroatoms. The highest BCUT2D eigenvalue weighted by Crippen LogP contribution is 2.33. The lowest BCUT2D eigenvalue weighted by atomic mass is 10.1. The fraction of sp³-hybridized carbons (Fsp3) is 0.267. The Labute approximate surface area is 229 Å². The first kappa shape index (κ1) is 27.3. The molecule has 3 aromatic carbocycles. The minimum absolute atomic E-state index is 0.000441. The van der Waals surface area contributed by atoms with Crippen LogP contribution in [-0.2, 0) is 44.9 Å². The Morgan fingerprint density at radius 1 is 0.921 bits per heavy atom. The Hall–Kier alpha value is -3.78. The minimum Gasteiger partial charge on any atom is -0.508 e. The number of hydrogen-bond donors (Lipinski definition) is 1. The van der Waals surface area contributed by atoms with Crippen molar-refractivity contribution in [3.8, 4) is 11.5 Å². The van der Waals surface area contributed by atoms with Gasteiger partial charge in [0, 0.05) is 33.0 Å². The second-order valence-electron chi connectivity index (χ2n) is 8.73. The van der Waals surface area contributed by atoms with Crippen LogP contribution in [0.3, 0.4) is 0 Å². The summed E-state index contributed by atoms with van der Waals surface area (Å²) >= 11 is 3.58. The van der Waals surface area contributed by atoms with E-state index in [-0.39, 0.29) is 37.8 Å². The molecule has 0 saturated carbocycles. The number of para-hydroxylation sites is 2. The molecule has 0 saturated heterocycles. The number of phenols is 1. The summed E-state index contributed by atoms with van der Waals surface area (Å²) in [6.07, 6.45) is 0.588. The van der Waals surface area contributed by atoms with E-state index in [2.05, 4.69) is 15.9 Å². The van der Waals surface area contributed by atoms with Crippen molar-refractivity contribution in [1.29, 1.82) is 0 Å². The highest BCUT2D eigenvalue weighted by atomic mass is 79.9. The van der Waals surface area contributed by atoms with Gasteiger partial charge in [0.15, 0.2) is 0 Å². The standard InChI is InChI=1S/C30H29BrO7/c1-3-35-28(33)16-21-9-5-7-11-27(21)37-18-25-19(2)38-30-22(14-23(31)17-24(25)30)12-13-36-29(34)15-20-8-4-6-10-26(20)32/h4-11,14,17,32H,3,12-13,15-16,18H2,1-2H3. The van der Waals surface area contributed by atoms with Gasteiger partial charge >= 0.3 is 11.9 Å². The smallest absolute Gasteiger partial charge is 0.310 e. The summed E-state index contributed by atoms with van der Waals surface area (Å²) in [6.45, 7) is 4.41. The number of ether oxygens (including phenoxy) is 3. The molecule has 4 aromatic rings. The number of furan rings is 1. The molecule has 0 fully saturated rings. The normalized spacial score (nSPS) is 10.9. The topological polar surface area (TPSA) is 95.2 Å². The lowest BCUT2D eigenvalue weighted by Gasteiger charge is -2.11. The molecular weight excluding hydrogens is 552 g/mol. The molecule has 1 N–H and O–H groups in total. The summed E-state index contributed by atoms with van der Waals surface area (Å²) in [4.78, 5) is 24.3. The SMILES string of the molecule is CCOC(=O)Cc1ccccc1OCc1c(C)oc2c(CCOC(=O)Cc3ccccc3O)cc(Br)cc12. The predicted octanol–water partition coefficient (Wildman–Crippen LogP) is 6.22. The summed E-state index contributed by atoms with van der Waals surface area (Å²) < 4.78 is 23.6. The molecule has 0 amide bonds. The quantitative estimate of drug-likeness (QED) is 0.210. The molecule has 0 aliphatic rings. The number of rotatable bonds is 11. The number of carbonyl (C=O) groups excluding carboxylic acids is 2. The maximum absolute atomic E-state index is 12.3. The van der Waals surface area contributed by atoms with Crippen LogP contribution >= 0.6 is 15.9 Å². The van der Waals surface area contributed by atoms with Crippen molar-refractivity contribution in [2.24, 2.45) is 0 Å². The first-order valence-electron chi connectivity index (χ1n) is 12.3. The maximum Gasteiger partial charge on any atom is 0.310 e. The molecule has 38 heavy (non-hydrogen) atoms. The fourth-order valence-corrected chi connectivity index (χ4v) is 4.72. The molecule has 0 radical (unpaired) electrons. The molecule has 0 spiro atoms. The van der Waals surface area contributed by atoms with Crippen molar-refractivity contribution in [3.63, 3.8) is 0 Å². The Balaban J connectivity index is 1.45. The zero-order valence-electron chi connectivity index (χ0n) is 21.3. The molecule has 0 unspecified atom stereocenters. The van der Waals surface area contributed by atoms with Gasteiger partial charge in [0.25, 0.3) is 0 Å². The molecule has 1 heterocycles. The third kappa shape index (κ3) is 6.75. The minimum atomic E-state index is -0.413. The van der Waals surface area contributed by atoms with Crippen LogP contribution in [0.25, 0.3) is 11.0 Å². The molecule has 0 aliphatic carbocycles. The van der Waals surface area contributed by atoms with E-state index in [1.54, 1.807) is 31.2 Å². The summed E-state index contributed by atoms with van der Waals surface area (Å²) in [6, 6.07) is 18.0. The number of aryl methyl sites for hydroxylation is 1. The Morgan fingerprint density at radius 3 is 2.37 bits per heavy atom. The highest BCUT2D eigenvalue weighted by Gasteiger charge is 2.18. The molecule has 0 bridgehead atoms.